The van der Waals surface area contributed by atoms with Crippen molar-refractivity contribution in [2.24, 2.45) is 11.3 Å². The van der Waals surface area contributed by atoms with E-state index in [0.717, 1.165) is 13.0 Å². The smallest absolute Gasteiger partial charge is 0.129 e. The fourth-order valence-electron chi connectivity index (χ4n) is 8.16. The highest BCUT2D eigenvalue weighted by Gasteiger charge is 2.48. The van der Waals surface area contributed by atoms with Gasteiger partial charge in [0.25, 0.3) is 0 Å². The first kappa shape index (κ1) is 23.9. The van der Waals surface area contributed by atoms with E-state index in [4.69, 9.17) is 0 Å². The summed E-state index contributed by atoms with van der Waals surface area (Å²) >= 11 is 0. The number of aryl methyl sites for hydroxylation is 2. The van der Waals surface area contributed by atoms with Crippen molar-refractivity contribution in [3.05, 3.63) is 113 Å². The lowest BCUT2D eigenvalue weighted by atomic mass is 9.76. The summed E-state index contributed by atoms with van der Waals surface area (Å²) in [5.41, 5.74) is 12.4. The maximum Gasteiger partial charge on any atom is 0.129 e. The van der Waals surface area contributed by atoms with E-state index in [2.05, 4.69) is 140 Å². The predicted molar refractivity (Wildman–Crippen MR) is 169 cm³/mol. The highest BCUT2D eigenvalue weighted by molar-refractivity contribution is 6.12. The molecule has 1 unspecified atom stereocenters. The highest BCUT2D eigenvalue weighted by Crippen LogP contribution is 2.55. The van der Waals surface area contributed by atoms with E-state index in [0.29, 0.717) is 12.0 Å². The molecule has 3 heteroatoms. The lowest BCUT2D eigenvalue weighted by Gasteiger charge is -2.41. The Morgan fingerprint density at radius 1 is 0.850 bits per heavy atom. The van der Waals surface area contributed by atoms with Crippen LogP contribution in [0.2, 0.25) is 0 Å². The van der Waals surface area contributed by atoms with Crippen molar-refractivity contribution in [2.45, 2.75) is 59.8 Å². The van der Waals surface area contributed by atoms with Crippen LogP contribution in [0.25, 0.3) is 27.5 Å². The number of aromatic nitrogens is 1. The number of nitrogens with zero attached hydrogens (tertiary/aromatic N) is 3. The molecule has 2 aliphatic heterocycles. The predicted octanol–water partition coefficient (Wildman–Crippen LogP) is 9.23. The summed E-state index contributed by atoms with van der Waals surface area (Å²) in [4.78, 5) is 5.39. The van der Waals surface area contributed by atoms with Crippen LogP contribution in [0, 0.1) is 25.2 Å². The first-order valence-electron chi connectivity index (χ1n) is 14.8. The van der Waals surface area contributed by atoms with E-state index in [9.17, 15) is 0 Å². The molecule has 40 heavy (non-hydrogen) atoms. The molecule has 4 aromatic carbocycles. The van der Waals surface area contributed by atoms with Crippen LogP contribution in [0.4, 0.5) is 11.4 Å². The van der Waals surface area contributed by atoms with Crippen LogP contribution >= 0.6 is 0 Å². The molecule has 0 spiro atoms. The van der Waals surface area contributed by atoms with Crippen LogP contribution in [-0.4, -0.2) is 10.6 Å². The Bertz CT molecular complexity index is 1840. The van der Waals surface area contributed by atoms with Gasteiger partial charge < -0.3 is 14.4 Å². The third kappa shape index (κ3) is 3.12. The number of anilines is 2. The van der Waals surface area contributed by atoms with Gasteiger partial charge >= 0.3 is 0 Å². The summed E-state index contributed by atoms with van der Waals surface area (Å²) < 4.78 is 2.50. The zero-order valence-corrected chi connectivity index (χ0v) is 24.1. The van der Waals surface area contributed by atoms with Crippen molar-refractivity contribution in [3.63, 3.8) is 0 Å². The minimum absolute atomic E-state index is 0.219. The van der Waals surface area contributed by atoms with Gasteiger partial charge in [0.2, 0.25) is 0 Å². The van der Waals surface area contributed by atoms with Gasteiger partial charge in [0.1, 0.15) is 6.17 Å². The lowest BCUT2D eigenvalue weighted by Crippen LogP contribution is -2.44. The van der Waals surface area contributed by atoms with Crippen LogP contribution in [0.1, 0.15) is 55.6 Å². The Balaban J connectivity index is 1.37. The van der Waals surface area contributed by atoms with Gasteiger partial charge in [0.05, 0.1) is 22.4 Å². The van der Waals surface area contributed by atoms with Gasteiger partial charge in [-0.2, -0.15) is 0 Å². The maximum absolute atomic E-state index is 2.74. The van der Waals surface area contributed by atoms with Gasteiger partial charge in [-0.3, -0.25) is 0 Å². The van der Waals surface area contributed by atoms with Crippen LogP contribution in [-0.2, 0) is 6.54 Å². The largest absolute Gasteiger partial charge is 0.342 e. The second kappa shape index (κ2) is 8.27. The van der Waals surface area contributed by atoms with Crippen molar-refractivity contribution in [3.8, 4) is 5.69 Å². The minimum Gasteiger partial charge on any atom is -0.342 e. The summed E-state index contributed by atoms with van der Waals surface area (Å²) in [7, 11) is 0. The molecule has 0 radical (unpaired) electrons. The summed E-state index contributed by atoms with van der Waals surface area (Å²) in [5.74, 6) is 0.512. The second-order valence-corrected chi connectivity index (χ2v) is 12.9. The van der Waals surface area contributed by atoms with E-state index < -0.39 is 0 Å². The average molecular weight is 524 g/mol. The molecule has 0 N–H and O–H groups in total. The molecular weight excluding hydrogens is 486 g/mol. The quantitative estimate of drug-likeness (QED) is 0.218. The Kier molecular flexibility index (Phi) is 4.93. The SMILES string of the molecule is Cc1ccc(C)c2c1c1cc3c(cc1n2-c1ccccc1)CN1c2ccccc2N([C@H](C)[C@@H]2C=CCC2(C)C)C31. The molecule has 3 heterocycles. The normalized spacial score (nSPS) is 21.3. The van der Waals surface area contributed by atoms with Gasteiger partial charge in [-0.25, -0.2) is 0 Å². The number of hydrogen-bond acceptors (Lipinski definition) is 2. The molecule has 0 bridgehead atoms. The Morgan fingerprint density at radius 2 is 1.57 bits per heavy atom. The van der Waals surface area contributed by atoms with E-state index in [1.807, 2.05) is 0 Å². The fraction of sp³-hybridized carbons (Fsp3) is 0.297. The zero-order chi connectivity index (χ0) is 27.3. The van der Waals surface area contributed by atoms with Crippen LogP contribution in [0.3, 0.4) is 0 Å². The topological polar surface area (TPSA) is 11.4 Å². The molecule has 0 amide bonds. The molecule has 3 atom stereocenters. The van der Waals surface area contributed by atoms with Gasteiger partial charge in [0.15, 0.2) is 0 Å². The molecule has 5 aromatic rings. The van der Waals surface area contributed by atoms with Crippen molar-refractivity contribution in [1.29, 1.82) is 0 Å². The molecule has 0 saturated carbocycles. The van der Waals surface area contributed by atoms with E-state index in [-0.39, 0.29) is 11.6 Å². The number of benzene rings is 4. The molecule has 8 rings (SSSR count). The maximum atomic E-state index is 2.74. The summed E-state index contributed by atoms with van der Waals surface area (Å²) in [6.07, 6.45) is 6.25. The van der Waals surface area contributed by atoms with E-state index in [1.165, 1.54) is 61.1 Å². The zero-order valence-electron chi connectivity index (χ0n) is 24.1. The molecule has 0 saturated heterocycles. The number of para-hydroxylation sites is 3. The minimum atomic E-state index is 0.219. The van der Waals surface area contributed by atoms with Crippen molar-refractivity contribution < 1.29 is 0 Å². The second-order valence-electron chi connectivity index (χ2n) is 12.9. The molecule has 3 nitrogen and oxygen atoms in total. The van der Waals surface area contributed by atoms with Crippen LogP contribution in [0.15, 0.2) is 91.0 Å². The summed E-state index contributed by atoms with van der Waals surface area (Å²) in [5, 5.41) is 2.75. The molecule has 3 aliphatic rings. The van der Waals surface area contributed by atoms with E-state index >= 15 is 0 Å². The monoisotopic (exact) mass is 523 g/mol. The van der Waals surface area contributed by atoms with Crippen molar-refractivity contribution >= 4 is 33.2 Å². The molecule has 1 aromatic heterocycles. The third-order valence-electron chi connectivity index (χ3n) is 10.1. The summed E-state index contributed by atoms with van der Waals surface area (Å²) in [6.45, 7) is 12.8. The van der Waals surface area contributed by atoms with Crippen LogP contribution in [0.5, 0.6) is 0 Å². The standard InChI is InChI=1S/C37H37N3/c1-23-17-18-24(2)35-34(23)29-21-28-26(20-33(29)40(35)27-12-7-6-8-13-27)22-38-31-15-9-10-16-32(31)39(36(28)38)25(3)30-14-11-19-37(30,4)5/h6-18,20-21,25,30,36H,19,22H2,1-5H3/t25-,30+,36?/m1/s1. The number of allylic oxidation sites excluding steroid dienone is 1. The van der Waals surface area contributed by atoms with Gasteiger partial charge in [-0.05, 0) is 85.7 Å². The van der Waals surface area contributed by atoms with E-state index in [1.54, 1.807) is 0 Å². The number of fused-ring (bicyclic) bond motifs is 8. The molecule has 0 fully saturated rings. The van der Waals surface area contributed by atoms with Crippen molar-refractivity contribution in [2.75, 3.05) is 9.80 Å². The number of rotatable bonds is 3. The third-order valence-corrected chi connectivity index (χ3v) is 10.1. The molecule has 200 valence electrons. The molecular formula is C37H37N3. The highest BCUT2D eigenvalue weighted by atomic mass is 15.4. The first-order valence-corrected chi connectivity index (χ1v) is 14.8. The first-order chi connectivity index (χ1) is 19.3. The fourth-order valence-corrected chi connectivity index (χ4v) is 8.16. The Labute approximate surface area is 237 Å². The van der Waals surface area contributed by atoms with Gasteiger partial charge in [-0.1, -0.05) is 68.5 Å². The summed E-state index contributed by atoms with van der Waals surface area (Å²) in [6, 6.07) is 30.0. The Morgan fingerprint density at radius 3 is 2.33 bits per heavy atom. The van der Waals surface area contributed by atoms with Crippen molar-refractivity contribution in [1.82, 2.24) is 4.57 Å². The van der Waals surface area contributed by atoms with Crippen LogP contribution < -0.4 is 9.80 Å². The number of hydrogen-bond donors (Lipinski definition) is 0. The Hall–Kier alpha value is -3.98. The average Bonchev–Trinajstić information content (AvgIpc) is 3.68. The van der Waals surface area contributed by atoms with Gasteiger partial charge in [-0.15, -0.1) is 0 Å². The molecule has 1 aliphatic carbocycles. The van der Waals surface area contributed by atoms with Gasteiger partial charge in [0, 0.05) is 40.5 Å². The lowest BCUT2D eigenvalue weighted by molar-refractivity contribution is 0.243.